The number of amides is 2. The van der Waals surface area contributed by atoms with Gasteiger partial charge in [0, 0.05) is 13.5 Å². The van der Waals surface area contributed by atoms with E-state index in [0.717, 1.165) is 19.5 Å². The minimum absolute atomic E-state index is 0.0355. The number of nitrogens with one attached hydrogen (secondary N) is 3. The predicted molar refractivity (Wildman–Crippen MR) is 66.5 cm³/mol. The molecule has 1 fully saturated rings. The van der Waals surface area contributed by atoms with Gasteiger partial charge in [-0.1, -0.05) is 0 Å². The topological polar surface area (TPSA) is 70.2 Å². The quantitative estimate of drug-likeness (QED) is 0.635. The SMILES string of the molecule is CNC(=O)C(C)NC(=O)CCC1CCCNC1. The van der Waals surface area contributed by atoms with E-state index in [4.69, 9.17) is 0 Å². The summed E-state index contributed by atoms with van der Waals surface area (Å²) in [4.78, 5) is 22.8. The number of carbonyl (C=O) groups is 2. The molecule has 2 amide bonds. The van der Waals surface area contributed by atoms with Gasteiger partial charge in [-0.2, -0.15) is 0 Å². The second kappa shape index (κ2) is 7.27. The molecule has 0 aromatic rings. The lowest BCUT2D eigenvalue weighted by Gasteiger charge is -2.22. The minimum atomic E-state index is -0.447. The predicted octanol–water partition coefficient (Wildman–Crippen LogP) is 0.0169. The van der Waals surface area contributed by atoms with Crippen LogP contribution in [0.15, 0.2) is 0 Å². The van der Waals surface area contributed by atoms with Crippen LogP contribution in [0.25, 0.3) is 0 Å². The summed E-state index contributed by atoms with van der Waals surface area (Å²) in [5.74, 6) is 0.411. The smallest absolute Gasteiger partial charge is 0.242 e. The van der Waals surface area contributed by atoms with Crippen LogP contribution in [0.1, 0.15) is 32.6 Å². The van der Waals surface area contributed by atoms with Crippen LogP contribution in [-0.4, -0.2) is 38.0 Å². The summed E-state index contributed by atoms with van der Waals surface area (Å²) < 4.78 is 0. The molecule has 1 heterocycles. The van der Waals surface area contributed by atoms with Crippen LogP contribution < -0.4 is 16.0 Å². The van der Waals surface area contributed by atoms with E-state index in [-0.39, 0.29) is 11.8 Å². The molecule has 0 aliphatic carbocycles. The lowest BCUT2D eigenvalue weighted by Crippen LogP contribution is -2.43. The van der Waals surface area contributed by atoms with Crippen LogP contribution in [0.3, 0.4) is 0 Å². The van der Waals surface area contributed by atoms with E-state index in [0.29, 0.717) is 12.3 Å². The number of carbonyl (C=O) groups excluding carboxylic acids is 2. The fourth-order valence-electron chi connectivity index (χ4n) is 2.10. The summed E-state index contributed by atoms with van der Waals surface area (Å²) in [5.41, 5.74) is 0. The molecular weight excluding hydrogens is 218 g/mol. The Kier molecular flexibility index (Phi) is 5.97. The first-order valence-corrected chi connectivity index (χ1v) is 6.35. The maximum atomic E-state index is 11.6. The monoisotopic (exact) mass is 241 g/mol. The van der Waals surface area contributed by atoms with E-state index < -0.39 is 6.04 Å². The van der Waals surface area contributed by atoms with Crippen LogP contribution in [0, 0.1) is 5.92 Å². The third-order valence-corrected chi connectivity index (χ3v) is 3.20. The molecule has 1 saturated heterocycles. The van der Waals surface area contributed by atoms with Gasteiger partial charge in [0.2, 0.25) is 11.8 Å². The van der Waals surface area contributed by atoms with Crippen LogP contribution in [0.5, 0.6) is 0 Å². The van der Waals surface area contributed by atoms with Gasteiger partial charge in [-0.15, -0.1) is 0 Å². The highest BCUT2D eigenvalue weighted by Crippen LogP contribution is 2.15. The summed E-state index contributed by atoms with van der Waals surface area (Å²) in [7, 11) is 1.57. The third-order valence-electron chi connectivity index (χ3n) is 3.20. The fourth-order valence-corrected chi connectivity index (χ4v) is 2.10. The fraction of sp³-hybridized carbons (Fsp3) is 0.833. The Morgan fingerprint density at radius 1 is 1.47 bits per heavy atom. The van der Waals surface area contributed by atoms with Crippen molar-refractivity contribution in [1.29, 1.82) is 0 Å². The Labute approximate surface area is 103 Å². The van der Waals surface area contributed by atoms with Crippen molar-refractivity contribution in [1.82, 2.24) is 16.0 Å². The molecule has 5 nitrogen and oxygen atoms in total. The third kappa shape index (κ3) is 5.17. The van der Waals surface area contributed by atoms with E-state index in [1.165, 1.54) is 12.8 Å². The van der Waals surface area contributed by atoms with Crippen LogP contribution in [-0.2, 0) is 9.59 Å². The molecule has 2 atom stereocenters. The number of hydrogen-bond acceptors (Lipinski definition) is 3. The van der Waals surface area contributed by atoms with Crippen molar-refractivity contribution < 1.29 is 9.59 Å². The minimum Gasteiger partial charge on any atom is -0.357 e. The zero-order valence-corrected chi connectivity index (χ0v) is 10.7. The Balaban J connectivity index is 2.18. The maximum Gasteiger partial charge on any atom is 0.242 e. The standard InChI is InChI=1S/C12H23N3O2/c1-9(12(17)13-2)15-11(16)6-5-10-4-3-7-14-8-10/h9-10,14H,3-8H2,1-2H3,(H,13,17)(H,15,16). The molecular formula is C12H23N3O2. The van der Waals surface area contributed by atoms with E-state index >= 15 is 0 Å². The van der Waals surface area contributed by atoms with Crippen molar-refractivity contribution in [3.05, 3.63) is 0 Å². The Morgan fingerprint density at radius 3 is 2.82 bits per heavy atom. The summed E-state index contributed by atoms with van der Waals surface area (Å²) in [5, 5.41) is 8.54. The van der Waals surface area contributed by atoms with Crippen molar-refractivity contribution >= 4 is 11.8 Å². The zero-order chi connectivity index (χ0) is 12.7. The van der Waals surface area contributed by atoms with Crippen LogP contribution in [0.2, 0.25) is 0 Å². The molecule has 0 spiro atoms. The summed E-state index contributed by atoms with van der Waals surface area (Å²) in [6.07, 6.45) is 3.80. The lowest BCUT2D eigenvalue weighted by molar-refractivity contribution is -0.128. The van der Waals surface area contributed by atoms with E-state index in [9.17, 15) is 9.59 Å². The second-order valence-corrected chi connectivity index (χ2v) is 4.65. The van der Waals surface area contributed by atoms with Gasteiger partial charge >= 0.3 is 0 Å². The van der Waals surface area contributed by atoms with Crippen molar-refractivity contribution in [2.75, 3.05) is 20.1 Å². The first-order valence-electron chi connectivity index (χ1n) is 6.35. The first-order chi connectivity index (χ1) is 8.13. The molecule has 1 rings (SSSR count). The molecule has 3 N–H and O–H groups in total. The number of piperidine rings is 1. The largest absolute Gasteiger partial charge is 0.357 e. The lowest BCUT2D eigenvalue weighted by atomic mass is 9.94. The van der Waals surface area contributed by atoms with Crippen molar-refractivity contribution in [2.45, 2.75) is 38.6 Å². The van der Waals surface area contributed by atoms with E-state index in [2.05, 4.69) is 16.0 Å². The molecule has 5 heteroatoms. The Bertz CT molecular complexity index is 262. The van der Waals surface area contributed by atoms with Crippen LogP contribution >= 0.6 is 0 Å². The highest BCUT2D eigenvalue weighted by Gasteiger charge is 2.17. The van der Waals surface area contributed by atoms with E-state index in [1.807, 2.05) is 0 Å². The average Bonchev–Trinajstić information content (AvgIpc) is 2.36. The Hall–Kier alpha value is -1.10. The van der Waals surface area contributed by atoms with Gasteiger partial charge in [0.05, 0.1) is 0 Å². The van der Waals surface area contributed by atoms with E-state index in [1.54, 1.807) is 14.0 Å². The molecule has 0 aromatic carbocycles. The second-order valence-electron chi connectivity index (χ2n) is 4.65. The number of likely N-dealkylation sites (N-methyl/N-ethyl adjacent to an activating group) is 1. The Morgan fingerprint density at radius 2 is 2.24 bits per heavy atom. The van der Waals surface area contributed by atoms with Gasteiger partial charge in [0.1, 0.15) is 6.04 Å². The van der Waals surface area contributed by atoms with Crippen molar-refractivity contribution in [3.8, 4) is 0 Å². The normalized spacial score (nSPS) is 21.6. The molecule has 1 aliphatic heterocycles. The summed E-state index contributed by atoms with van der Waals surface area (Å²) in [6.45, 7) is 3.80. The zero-order valence-electron chi connectivity index (χ0n) is 10.7. The molecule has 2 unspecified atom stereocenters. The highest BCUT2D eigenvalue weighted by atomic mass is 16.2. The average molecular weight is 241 g/mol. The van der Waals surface area contributed by atoms with Gasteiger partial charge in [-0.3, -0.25) is 9.59 Å². The molecule has 1 aliphatic rings. The highest BCUT2D eigenvalue weighted by molar-refractivity contribution is 5.86. The number of rotatable bonds is 5. The molecule has 0 radical (unpaired) electrons. The van der Waals surface area contributed by atoms with Gasteiger partial charge in [-0.25, -0.2) is 0 Å². The number of hydrogen-bond donors (Lipinski definition) is 3. The van der Waals surface area contributed by atoms with Gasteiger partial charge < -0.3 is 16.0 Å². The molecule has 0 saturated carbocycles. The first kappa shape index (κ1) is 14.0. The molecule has 98 valence electrons. The van der Waals surface area contributed by atoms with Gasteiger partial charge in [-0.05, 0) is 45.2 Å². The van der Waals surface area contributed by atoms with Gasteiger partial charge in [0.25, 0.3) is 0 Å². The summed E-state index contributed by atoms with van der Waals surface area (Å²) in [6, 6.07) is -0.447. The molecule has 0 bridgehead atoms. The van der Waals surface area contributed by atoms with Crippen LogP contribution in [0.4, 0.5) is 0 Å². The summed E-state index contributed by atoms with van der Waals surface area (Å²) >= 11 is 0. The molecule has 0 aromatic heterocycles. The van der Waals surface area contributed by atoms with Gasteiger partial charge in [0.15, 0.2) is 0 Å². The maximum absolute atomic E-state index is 11.6. The molecule has 17 heavy (non-hydrogen) atoms. The van der Waals surface area contributed by atoms with Crippen molar-refractivity contribution in [3.63, 3.8) is 0 Å². The van der Waals surface area contributed by atoms with Crippen molar-refractivity contribution in [2.24, 2.45) is 5.92 Å².